The first-order valence-electron chi connectivity index (χ1n) is 5.23. The average molecular weight is 206 g/mol. The fourth-order valence-corrected chi connectivity index (χ4v) is 2.02. The Hall–Kier alpha value is 0.110. The molecule has 0 aromatic carbocycles. The van der Waals surface area contributed by atoms with Gasteiger partial charge in [0.1, 0.15) is 5.44 Å². The molecule has 0 spiro atoms. The van der Waals surface area contributed by atoms with E-state index in [1.54, 1.807) is 6.92 Å². The molecule has 0 aromatic heterocycles. The second-order valence-electron chi connectivity index (χ2n) is 3.45. The molecule has 80 valence electrons. The van der Waals surface area contributed by atoms with Gasteiger partial charge < -0.3 is 5.11 Å². The van der Waals surface area contributed by atoms with Gasteiger partial charge in [-0.05, 0) is 13.3 Å². The summed E-state index contributed by atoms with van der Waals surface area (Å²) >= 11 is 0. The zero-order valence-electron chi connectivity index (χ0n) is 8.79. The summed E-state index contributed by atoms with van der Waals surface area (Å²) in [5.74, 6) is 0.657. The Bertz CT molecular complexity index is 135. The molecule has 0 radical (unpaired) electrons. The summed E-state index contributed by atoms with van der Waals surface area (Å²) in [7, 11) is -1.02. The Balaban J connectivity index is 3.12. The van der Waals surface area contributed by atoms with Crippen molar-refractivity contribution in [3.05, 3.63) is 0 Å². The van der Waals surface area contributed by atoms with E-state index < -0.39 is 16.2 Å². The van der Waals surface area contributed by atoms with Crippen LogP contribution in [0.4, 0.5) is 0 Å². The van der Waals surface area contributed by atoms with Crippen LogP contribution in [0.5, 0.6) is 0 Å². The van der Waals surface area contributed by atoms with Gasteiger partial charge in [-0.1, -0.05) is 39.0 Å². The summed E-state index contributed by atoms with van der Waals surface area (Å²) in [5.41, 5.74) is -0.657. The van der Waals surface area contributed by atoms with Crippen molar-refractivity contribution in [1.29, 1.82) is 0 Å². The lowest BCUT2D eigenvalue weighted by Crippen LogP contribution is -2.12. The van der Waals surface area contributed by atoms with Crippen LogP contribution >= 0.6 is 0 Å². The summed E-state index contributed by atoms with van der Waals surface area (Å²) in [4.78, 5) is 0. The molecule has 0 aliphatic carbocycles. The fraction of sp³-hybridized carbons (Fsp3) is 1.00. The third-order valence-corrected chi connectivity index (χ3v) is 3.53. The van der Waals surface area contributed by atoms with Gasteiger partial charge in [-0.15, -0.1) is 0 Å². The number of hydrogen-bond donors (Lipinski definition) is 1. The maximum absolute atomic E-state index is 11.1. The molecule has 0 fully saturated rings. The van der Waals surface area contributed by atoms with E-state index in [-0.39, 0.29) is 0 Å². The summed E-state index contributed by atoms with van der Waals surface area (Å²) < 4.78 is 11.1. The van der Waals surface area contributed by atoms with E-state index in [1.165, 1.54) is 25.7 Å². The van der Waals surface area contributed by atoms with E-state index in [0.717, 1.165) is 12.8 Å². The zero-order valence-corrected chi connectivity index (χ0v) is 9.61. The Morgan fingerprint density at radius 1 is 1.15 bits per heavy atom. The minimum atomic E-state index is -1.02. The van der Waals surface area contributed by atoms with Crippen LogP contribution in [0, 0.1) is 0 Å². The molecule has 0 bridgehead atoms. The van der Waals surface area contributed by atoms with Gasteiger partial charge in [0.2, 0.25) is 0 Å². The van der Waals surface area contributed by atoms with Crippen molar-refractivity contribution in [3.63, 3.8) is 0 Å². The van der Waals surface area contributed by atoms with E-state index in [1.807, 2.05) is 0 Å². The predicted molar refractivity (Wildman–Crippen MR) is 58.1 cm³/mol. The lowest BCUT2D eigenvalue weighted by atomic mass is 10.1. The molecular weight excluding hydrogens is 184 g/mol. The highest BCUT2D eigenvalue weighted by Crippen LogP contribution is 2.06. The predicted octanol–water partition coefficient (Wildman–Crippen LogP) is 2.43. The highest BCUT2D eigenvalue weighted by Gasteiger charge is 2.04. The molecule has 3 heteroatoms. The van der Waals surface area contributed by atoms with Gasteiger partial charge in [-0.25, -0.2) is 0 Å². The molecule has 2 atom stereocenters. The van der Waals surface area contributed by atoms with Crippen LogP contribution in [0.25, 0.3) is 0 Å². The van der Waals surface area contributed by atoms with Gasteiger partial charge >= 0.3 is 0 Å². The van der Waals surface area contributed by atoms with Crippen LogP contribution in [-0.2, 0) is 10.8 Å². The van der Waals surface area contributed by atoms with Gasteiger partial charge in [0, 0.05) is 16.6 Å². The Kier molecular flexibility index (Phi) is 8.77. The van der Waals surface area contributed by atoms with Crippen molar-refractivity contribution in [2.45, 2.75) is 57.8 Å². The smallest absolute Gasteiger partial charge is 0.126 e. The third-order valence-electron chi connectivity index (χ3n) is 2.08. The van der Waals surface area contributed by atoms with Crippen molar-refractivity contribution >= 4 is 10.8 Å². The number of hydrogen-bond acceptors (Lipinski definition) is 2. The maximum atomic E-state index is 11.1. The summed E-state index contributed by atoms with van der Waals surface area (Å²) in [6.45, 7) is 3.79. The first kappa shape index (κ1) is 13.1. The first-order valence-corrected chi connectivity index (χ1v) is 6.62. The number of aliphatic hydroxyl groups excluding tert-OH is 1. The Morgan fingerprint density at radius 3 is 2.23 bits per heavy atom. The number of rotatable bonds is 8. The van der Waals surface area contributed by atoms with Crippen molar-refractivity contribution < 1.29 is 9.32 Å². The van der Waals surface area contributed by atoms with E-state index in [9.17, 15) is 4.21 Å². The first-order chi connectivity index (χ1) is 6.18. The van der Waals surface area contributed by atoms with Crippen LogP contribution in [0.1, 0.15) is 52.4 Å². The summed E-state index contributed by atoms with van der Waals surface area (Å²) in [6.07, 6.45) is 7.24. The van der Waals surface area contributed by atoms with Crippen molar-refractivity contribution in [1.82, 2.24) is 0 Å². The van der Waals surface area contributed by atoms with Crippen LogP contribution in [0.3, 0.4) is 0 Å². The standard InChI is InChI=1S/C10H22O2S/c1-3-4-5-6-7-8-9-13(12)10(2)11/h10-11H,3-9H2,1-2H3. The van der Waals surface area contributed by atoms with Crippen LogP contribution in [0.15, 0.2) is 0 Å². The third kappa shape index (κ3) is 8.44. The minimum absolute atomic E-state index is 0.657. The lowest BCUT2D eigenvalue weighted by Gasteiger charge is -2.04. The molecule has 0 saturated heterocycles. The molecule has 13 heavy (non-hydrogen) atoms. The number of aliphatic hydroxyl groups is 1. The van der Waals surface area contributed by atoms with Gasteiger partial charge in [0.25, 0.3) is 0 Å². The number of unbranched alkanes of at least 4 members (excludes halogenated alkanes) is 5. The SMILES string of the molecule is CCCCCCCCS(=O)C(C)O. The molecule has 0 aromatic rings. The van der Waals surface area contributed by atoms with Crippen LogP contribution in [0.2, 0.25) is 0 Å². The Morgan fingerprint density at radius 2 is 1.69 bits per heavy atom. The molecule has 0 rings (SSSR count). The van der Waals surface area contributed by atoms with Crippen LogP contribution in [-0.4, -0.2) is 20.5 Å². The van der Waals surface area contributed by atoms with Gasteiger partial charge in [-0.2, -0.15) is 0 Å². The average Bonchev–Trinajstić information content (AvgIpc) is 2.10. The molecule has 0 amide bonds. The topological polar surface area (TPSA) is 37.3 Å². The van der Waals surface area contributed by atoms with E-state index in [0.29, 0.717) is 5.75 Å². The van der Waals surface area contributed by atoms with E-state index in [4.69, 9.17) is 5.11 Å². The molecule has 0 aliphatic heterocycles. The molecule has 0 aliphatic rings. The molecular formula is C10H22O2S. The lowest BCUT2D eigenvalue weighted by molar-refractivity contribution is 0.276. The van der Waals surface area contributed by atoms with Crippen molar-refractivity contribution in [2.24, 2.45) is 0 Å². The maximum Gasteiger partial charge on any atom is 0.126 e. The quantitative estimate of drug-likeness (QED) is 0.619. The second-order valence-corrected chi connectivity index (χ2v) is 5.30. The van der Waals surface area contributed by atoms with Gasteiger partial charge in [-0.3, -0.25) is 4.21 Å². The zero-order chi connectivity index (χ0) is 10.1. The second kappa shape index (κ2) is 8.70. The van der Waals surface area contributed by atoms with Crippen LogP contribution < -0.4 is 0 Å². The normalized spacial score (nSPS) is 15.6. The van der Waals surface area contributed by atoms with Crippen molar-refractivity contribution in [2.75, 3.05) is 5.75 Å². The summed E-state index contributed by atoms with van der Waals surface area (Å²) in [5, 5.41) is 8.96. The highest BCUT2D eigenvalue weighted by molar-refractivity contribution is 7.85. The Labute approximate surface area is 84.2 Å². The van der Waals surface area contributed by atoms with Gasteiger partial charge in [0.15, 0.2) is 0 Å². The highest BCUT2D eigenvalue weighted by atomic mass is 32.2. The molecule has 0 heterocycles. The van der Waals surface area contributed by atoms with Crippen molar-refractivity contribution in [3.8, 4) is 0 Å². The fourth-order valence-electron chi connectivity index (χ4n) is 1.20. The van der Waals surface area contributed by atoms with Gasteiger partial charge in [0.05, 0.1) is 0 Å². The molecule has 2 unspecified atom stereocenters. The molecule has 2 nitrogen and oxygen atoms in total. The monoisotopic (exact) mass is 206 g/mol. The molecule has 1 N–H and O–H groups in total. The van der Waals surface area contributed by atoms with E-state index in [2.05, 4.69) is 6.92 Å². The largest absolute Gasteiger partial charge is 0.380 e. The van der Waals surface area contributed by atoms with E-state index >= 15 is 0 Å². The molecule has 0 saturated carbocycles. The summed E-state index contributed by atoms with van der Waals surface area (Å²) in [6, 6.07) is 0. The minimum Gasteiger partial charge on any atom is -0.380 e.